The average Bonchev–Trinajstić information content (AvgIpc) is 2.93. The lowest BCUT2D eigenvalue weighted by Gasteiger charge is -2.23. The molecule has 2 amide bonds. The zero-order valence-corrected chi connectivity index (χ0v) is 20.3. The van der Waals surface area contributed by atoms with Gasteiger partial charge in [-0.25, -0.2) is 4.79 Å². The van der Waals surface area contributed by atoms with Gasteiger partial charge in [0, 0.05) is 30.6 Å². The van der Waals surface area contributed by atoms with Crippen LogP contribution in [0.25, 0.3) is 0 Å². The molecule has 0 aliphatic heterocycles. The number of amides is 2. The Morgan fingerprint density at radius 3 is 1.51 bits per heavy atom. The monoisotopic (exact) mass is 492 g/mol. The number of rotatable bonds is 10. The second-order valence-corrected chi connectivity index (χ2v) is 8.76. The minimum atomic E-state index is -1.11. The maximum Gasteiger partial charge on any atom is 0.326 e. The van der Waals surface area contributed by atoms with E-state index in [4.69, 9.17) is 0 Å². The molecule has 186 valence electrons. The fraction of sp³-hybridized carbons (Fsp3) is 0.129. The summed E-state index contributed by atoms with van der Waals surface area (Å²) in [4.78, 5) is 39.7. The van der Waals surface area contributed by atoms with E-state index in [1.807, 2.05) is 91.0 Å². The van der Waals surface area contributed by atoms with Gasteiger partial charge in [-0.2, -0.15) is 0 Å². The highest BCUT2D eigenvalue weighted by Gasteiger charge is 2.22. The van der Waals surface area contributed by atoms with E-state index < -0.39 is 17.9 Å². The van der Waals surface area contributed by atoms with Crippen molar-refractivity contribution in [2.75, 3.05) is 0 Å². The third-order valence-corrected chi connectivity index (χ3v) is 6.00. The van der Waals surface area contributed by atoms with E-state index in [-0.39, 0.29) is 17.9 Å². The van der Waals surface area contributed by atoms with Gasteiger partial charge in [0.15, 0.2) is 0 Å². The van der Waals surface area contributed by atoms with Crippen molar-refractivity contribution in [2.45, 2.75) is 25.6 Å². The van der Waals surface area contributed by atoms with Gasteiger partial charge < -0.3 is 15.3 Å². The van der Waals surface area contributed by atoms with Crippen molar-refractivity contribution in [3.8, 4) is 0 Å². The summed E-state index contributed by atoms with van der Waals surface area (Å²) in [6.45, 7) is 0.882. The summed E-state index contributed by atoms with van der Waals surface area (Å²) in [6.07, 6.45) is 0.173. The third kappa shape index (κ3) is 7.15. The number of nitrogens with zero attached hydrogens (tertiary/aromatic N) is 1. The average molecular weight is 493 g/mol. The van der Waals surface area contributed by atoms with Crippen LogP contribution >= 0.6 is 0 Å². The highest BCUT2D eigenvalue weighted by atomic mass is 16.4. The molecule has 4 aromatic carbocycles. The van der Waals surface area contributed by atoms with Gasteiger partial charge in [0.1, 0.15) is 6.04 Å². The van der Waals surface area contributed by atoms with Crippen molar-refractivity contribution >= 4 is 17.8 Å². The predicted octanol–water partition coefficient (Wildman–Crippen LogP) is 4.95. The van der Waals surface area contributed by atoms with Crippen LogP contribution in [0.5, 0.6) is 0 Å². The largest absolute Gasteiger partial charge is 0.480 e. The van der Waals surface area contributed by atoms with E-state index in [9.17, 15) is 19.5 Å². The zero-order valence-electron chi connectivity index (χ0n) is 20.3. The van der Waals surface area contributed by atoms with E-state index in [2.05, 4.69) is 5.32 Å². The molecule has 6 nitrogen and oxygen atoms in total. The first-order valence-electron chi connectivity index (χ1n) is 12.0. The van der Waals surface area contributed by atoms with Crippen LogP contribution in [-0.2, 0) is 24.3 Å². The lowest BCUT2D eigenvalue weighted by atomic mass is 10.0. The molecule has 1 atom stereocenters. The summed E-state index contributed by atoms with van der Waals surface area (Å²) < 4.78 is 0. The van der Waals surface area contributed by atoms with Crippen molar-refractivity contribution in [1.29, 1.82) is 0 Å². The van der Waals surface area contributed by atoms with Crippen LogP contribution in [0, 0.1) is 0 Å². The molecule has 0 heterocycles. The van der Waals surface area contributed by atoms with E-state index >= 15 is 0 Å². The fourth-order valence-corrected chi connectivity index (χ4v) is 4.05. The van der Waals surface area contributed by atoms with Gasteiger partial charge in [-0.05, 0) is 41.0 Å². The maximum atomic E-state index is 13.5. The summed E-state index contributed by atoms with van der Waals surface area (Å²) in [7, 11) is 0. The number of carbonyl (C=O) groups excluding carboxylic acids is 2. The molecule has 0 fully saturated rings. The van der Waals surface area contributed by atoms with Gasteiger partial charge in [0.25, 0.3) is 11.8 Å². The highest BCUT2D eigenvalue weighted by molar-refractivity contribution is 5.99. The molecule has 0 saturated heterocycles. The van der Waals surface area contributed by atoms with Gasteiger partial charge in [-0.3, -0.25) is 9.59 Å². The molecule has 0 aliphatic carbocycles. The summed E-state index contributed by atoms with van der Waals surface area (Å²) in [5, 5.41) is 12.2. The van der Waals surface area contributed by atoms with Crippen molar-refractivity contribution in [3.05, 3.63) is 143 Å². The lowest BCUT2D eigenvalue weighted by Crippen LogP contribution is -2.42. The summed E-state index contributed by atoms with van der Waals surface area (Å²) >= 11 is 0. The number of carbonyl (C=O) groups is 3. The Hall–Kier alpha value is -4.71. The Morgan fingerprint density at radius 2 is 1.05 bits per heavy atom. The van der Waals surface area contributed by atoms with Crippen LogP contribution in [0.15, 0.2) is 115 Å². The lowest BCUT2D eigenvalue weighted by molar-refractivity contribution is -0.139. The van der Waals surface area contributed by atoms with Crippen LogP contribution in [-0.4, -0.2) is 33.8 Å². The second kappa shape index (κ2) is 12.3. The van der Waals surface area contributed by atoms with Crippen LogP contribution in [0.3, 0.4) is 0 Å². The Balaban J connectivity index is 1.47. The summed E-state index contributed by atoms with van der Waals surface area (Å²) in [6, 6.07) is 33.9. The number of carboxylic acids is 1. The molecule has 0 aromatic heterocycles. The number of benzene rings is 4. The molecule has 0 unspecified atom stereocenters. The third-order valence-electron chi connectivity index (χ3n) is 6.00. The SMILES string of the molecule is O=C(N[C@@H](Cc1ccccc1)C(=O)O)c1ccc(C(=O)N(Cc2ccccc2)Cc2ccccc2)cc1. The first kappa shape index (κ1) is 25.4. The normalized spacial score (nSPS) is 11.4. The Bertz CT molecular complexity index is 1280. The molecule has 0 bridgehead atoms. The van der Waals surface area contributed by atoms with Gasteiger partial charge in [-0.15, -0.1) is 0 Å². The van der Waals surface area contributed by atoms with Gasteiger partial charge in [-0.1, -0.05) is 91.0 Å². The standard InChI is InChI=1S/C31H28N2O4/c34-29(32-28(31(36)37)20-23-10-4-1-5-11-23)26-16-18-27(19-17-26)30(35)33(21-24-12-6-2-7-13-24)22-25-14-8-3-9-15-25/h1-19,28H,20-22H2,(H,32,34)(H,36,37)/t28-/m0/s1. The van der Waals surface area contributed by atoms with Crippen LogP contribution in [0.1, 0.15) is 37.4 Å². The van der Waals surface area contributed by atoms with Gasteiger partial charge >= 0.3 is 5.97 Å². The van der Waals surface area contributed by atoms with Crippen LogP contribution in [0.2, 0.25) is 0 Å². The predicted molar refractivity (Wildman–Crippen MR) is 142 cm³/mol. The number of aliphatic carboxylic acids is 1. The van der Waals surface area contributed by atoms with Crippen molar-refractivity contribution < 1.29 is 19.5 Å². The van der Waals surface area contributed by atoms with Gasteiger partial charge in [0.05, 0.1) is 0 Å². The molecule has 0 spiro atoms. The van der Waals surface area contributed by atoms with E-state index in [1.165, 1.54) is 0 Å². The number of hydrogen-bond donors (Lipinski definition) is 2. The van der Waals surface area contributed by atoms with Crippen molar-refractivity contribution in [2.24, 2.45) is 0 Å². The van der Waals surface area contributed by atoms with Crippen LogP contribution < -0.4 is 5.32 Å². The Kier molecular flexibility index (Phi) is 8.45. The molecule has 0 aliphatic rings. The van der Waals surface area contributed by atoms with Crippen molar-refractivity contribution in [3.63, 3.8) is 0 Å². The molecule has 0 saturated carbocycles. The minimum Gasteiger partial charge on any atom is -0.480 e. The molecule has 0 radical (unpaired) electrons. The number of hydrogen-bond acceptors (Lipinski definition) is 3. The molecule has 6 heteroatoms. The summed E-state index contributed by atoms with van der Waals surface area (Å²) in [5.74, 6) is -1.78. The maximum absolute atomic E-state index is 13.5. The molecular weight excluding hydrogens is 464 g/mol. The number of nitrogens with one attached hydrogen (secondary N) is 1. The van der Waals surface area contributed by atoms with E-state index in [0.717, 1.165) is 16.7 Å². The summed E-state index contributed by atoms with van der Waals surface area (Å²) in [5.41, 5.74) is 3.57. The smallest absolute Gasteiger partial charge is 0.326 e. The minimum absolute atomic E-state index is 0.160. The fourth-order valence-electron chi connectivity index (χ4n) is 4.05. The van der Waals surface area contributed by atoms with E-state index in [0.29, 0.717) is 18.7 Å². The first-order valence-corrected chi connectivity index (χ1v) is 12.0. The van der Waals surface area contributed by atoms with Crippen LogP contribution in [0.4, 0.5) is 0 Å². The molecule has 4 aromatic rings. The quantitative estimate of drug-likeness (QED) is 0.328. The first-order chi connectivity index (χ1) is 18.0. The molecule has 2 N–H and O–H groups in total. The highest BCUT2D eigenvalue weighted by Crippen LogP contribution is 2.16. The van der Waals surface area contributed by atoms with Gasteiger partial charge in [0.2, 0.25) is 0 Å². The van der Waals surface area contributed by atoms with Crippen molar-refractivity contribution in [1.82, 2.24) is 10.2 Å². The molecular formula is C31H28N2O4. The zero-order chi connectivity index (χ0) is 26.0. The van der Waals surface area contributed by atoms with E-state index in [1.54, 1.807) is 29.2 Å². The molecule has 37 heavy (non-hydrogen) atoms. The Labute approximate surface area is 216 Å². The topological polar surface area (TPSA) is 86.7 Å². The molecule has 4 rings (SSSR count). The second-order valence-electron chi connectivity index (χ2n) is 8.76. The Morgan fingerprint density at radius 1 is 0.622 bits per heavy atom. The number of carboxylic acid groups (broad SMARTS) is 1.